The van der Waals surface area contributed by atoms with Crippen molar-refractivity contribution in [3.05, 3.63) is 105 Å². The van der Waals surface area contributed by atoms with Crippen LogP contribution in [0, 0.1) is 22.7 Å². The molecule has 2 saturated carbocycles. The molecule has 320 valence electrons. The van der Waals surface area contributed by atoms with Gasteiger partial charge in [0.25, 0.3) is 0 Å². The summed E-state index contributed by atoms with van der Waals surface area (Å²) in [5, 5.41) is 6.54. The van der Waals surface area contributed by atoms with E-state index in [1.165, 1.54) is 37.1 Å². The fourth-order valence-electron chi connectivity index (χ4n) is 9.79. The zero-order chi connectivity index (χ0) is 43.4. The summed E-state index contributed by atoms with van der Waals surface area (Å²) in [4.78, 5) is 9.58. The predicted molar refractivity (Wildman–Crippen MR) is 236 cm³/mol. The highest BCUT2D eigenvalue weighted by molar-refractivity contribution is 9.10. The lowest BCUT2D eigenvalue weighted by atomic mass is 9.70. The summed E-state index contributed by atoms with van der Waals surface area (Å²) in [6.45, 7) is 13.8. The summed E-state index contributed by atoms with van der Waals surface area (Å²) >= 11 is 7.01. The maximum absolute atomic E-state index is 12.9. The number of benzene rings is 4. The smallest absolute Gasteiger partial charge is 0.326 e. The standard InChI is InChI=1S/2C23H25BrF3N3/c2*1-14-10-18(13-22(2,3)12-14)30-20-9-6-16(24)11-19(20)29-21(30)28-17-7-4-15(5-8-17)23(25,26)27/h2*4-9,11,14,18H,10,12-13H2,1-3H3,(H,28,29)/t2*14-,18+/m10/s1. The Morgan fingerprint density at radius 1 is 0.550 bits per heavy atom. The lowest BCUT2D eigenvalue weighted by molar-refractivity contribution is -0.138. The second-order valence-corrected chi connectivity index (χ2v) is 20.2. The Morgan fingerprint density at radius 3 is 1.22 bits per heavy atom. The Morgan fingerprint density at radius 2 is 0.900 bits per heavy atom. The summed E-state index contributed by atoms with van der Waals surface area (Å²) in [6, 6.07) is 22.8. The van der Waals surface area contributed by atoms with E-state index in [0.29, 0.717) is 35.1 Å². The van der Waals surface area contributed by atoms with E-state index in [1.807, 2.05) is 24.3 Å². The van der Waals surface area contributed by atoms with Gasteiger partial charge in [-0.2, -0.15) is 26.3 Å². The number of anilines is 4. The lowest BCUT2D eigenvalue weighted by Crippen LogP contribution is -2.29. The maximum atomic E-state index is 12.9. The number of halogens is 8. The minimum atomic E-state index is -4.35. The van der Waals surface area contributed by atoms with Gasteiger partial charge in [-0.05, 0) is 146 Å². The van der Waals surface area contributed by atoms with E-state index in [-0.39, 0.29) is 22.9 Å². The largest absolute Gasteiger partial charge is 0.416 e. The molecule has 4 aromatic carbocycles. The van der Waals surface area contributed by atoms with Crippen molar-refractivity contribution in [2.24, 2.45) is 22.7 Å². The highest BCUT2D eigenvalue weighted by Gasteiger charge is 2.37. The van der Waals surface area contributed by atoms with Crippen LogP contribution >= 0.6 is 31.9 Å². The molecule has 8 rings (SSSR count). The van der Waals surface area contributed by atoms with E-state index in [9.17, 15) is 26.3 Å². The molecule has 0 aliphatic heterocycles. The molecule has 2 N–H and O–H groups in total. The average molecular weight is 961 g/mol. The van der Waals surface area contributed by atoms with Crippen molar-refractivity contribution in [2.75, 3.05) is 10.6 Å². The fourth-order valence-corrected chi connectivity index (χ4v) is 10.5. The van der Waals surface area contributed by atoms with Gasteiger partial charge in [0.2, 0.25) is 11.9 Å². The number of hydrogen-bond acceptors (Lipinski definition) is 4. The van der Waals surface area contributed by atoms with E-state index in [1.54, 1.807) is 0 Å². The summed E-state index contributed by atoms with van der Waals surface area (Å²) in [7, 11) is 0. The summed E-state index contributed by atoms with van der Waals surface area (Å²) < 4.78 is 83.7. The predicted octanol–water partition coefficient (Wildman–Crippen LogP) is 15.9. The van der Waals surface area contributed by atoms with Crippen LogP contribution in [0.5, 0.6) is 0 Å². The Bertz CT molecular complexity index is 2280. The minimum Gasteiger partial charge on any atom is -0.326 e. The Kier molecular flexibility index (Phi) is 12.2. The summed E-state index contributed by atoms with van der Waals surface area (Å²) in [5.41, 5.74) is 4.07. The van der Waals surface area contributed by atoms with Crippen LogP contribution in [0.4, 0.5) is 49.6 Å². The number of nitrogens with zero attached hydrogens (tertiary/aromatic N) is 4. The zero-order valence-electron chi connectivity index (χ0n) is 34.4. The summed E-state index contributed by atoms with van der Waals surface area (Å²) in [5.74, 6) is 2.51. The first-order valence-corrected chi connectivity index (χ1v) is 21.9. The Balaban J connectivity index is 0.000000181. The van der Waals surface area contributed by atoms with Gasteiger partial charge in [0, 0.05) is 32.4 Å². The molecule has 2 aliphatic rings. The minimum absolute atomic E-state index is 0.222. The van der Waals surface area contributed by atoms with Crippen molar-refractivity contribution < 1.29 is 26.3 Å². The second-order valence-electron chi connectivity index (χ2n) is 18.4. The normalized spacial score (nSPS) is 21.7. The fraction of sp³-hybridized carbons (Fsp3) is 0.435. The molecule has 4 atom stereocenters. The van der Waals surface area contributed by atoms with Crippen LogP contribution in [0.3, 0.4) is 0 Å². The number of aromatic nitrogens is 4. The van der Waals surface area contributed by atoms with Gasteiger partial charge >= 0.3 is 12.4 Å². The van der Waals surface area contributed by atoms with E-state index >= 15 is 0 Å². The highest BCUT2D eigenvalue weighted by atomic mass is 79.9. The quantitative estimate of drug-likeness (QED) is 0.163. The number of rotatable bonds is 6. The van der Waals surface area contributed by atoms with E-state index < -0.39 is 23.5 Å². The molecule has 0 bridgehead atoms. The Labute approximate surface area is 363 Å². The molecule has 2 heterocycles. The van der Waals surface area contributed by atoms with Crippen LogP contribution in [-0.4, -0.2) is 19.1 Å². The first-order valence-electron chi connectivity index (χ1n) is 20.3. The van der Waals surface area contributed by atoms with Gasteiger partial charge in [0.05, 0.1) is 33.2 Å². The molecule has 2 fully saturated rings. The molecule has 0 amide bonds. The van der Waals surface area contributed by atoms with Crippen LogP contribution in [0.15, 0.2) is 93.9 Å². The van der Waals surface area contributed by atoms with E-state index in [4.69, 9.17) is 9.97 Å². The van der Waals surface area contributed by atoms with E-state index in [0.717, 1.165) is 81.0 Å². The lowest BCUT2D eigenvalue weighted by Gasteiger charge is -2.40. The third-order valence-corrected chi connectivity index (χ3v) is 12.7. The van der Waals surface area contributed by atoms with Gasteiger partial charge in [0.15, 0.2) is 0 Å². The highest BCUT2D eigenvalue weighted by Crippen LogP contribution is 2.48. The topological polar surface area (TPSA) is 59.7 Å². The first kappa shape index (κ1) is 44.0. The molecule has 0 radical (unpaired) electrons. The van der Waals surface area contributed by atoms with Gasteiger partial charge in [-0.1, -0.05) is 73.4 Å². The molecule has 0 spiro atoms. The molecule has 0 saturated heterocycles. The van der Waals surface area contributed by atoms with Crippen LogP contribution in [0.25, 0.3) is 22.1 Å². The monoisotopic (exact) mass is 958 g/mol. The number of nitrogens with one attached hydrogen (secondary N) is 2. The van der Waals surface area contributed by atoms with Crippen molar-refractivity contribution in [3.63, 3.8) is 0 Å². The molecule has 14 heteroatoms. The van der Waals surface area contributed by atoms with Gasteiger partial charge in [-0.3, -0.25) is 0 Å². The number of hydrogen-bond donors (Lipinski definition) is 2. The molecule has 6 nitrogen and oxygen atoms in total. The molecular weight excluding hydrogens is 910 g/mol. The maximum Gasteiger partial charge on any atom is 0.416 e. The molecule has 2 aromatic heterocycles. The molecular formula is C46H50Br2F6N6. The Hall–Kier alpha value is -4.04. The van der Waals surface area contributed by atoms with Gasteiger partial charge in [-0.15, -0.1) is 0 Å². The van der Waals surface area contributed by atoms with Crippen LogP contribution in [0.1, 0.15) is 103 Å². The van der Waals surface area contributed by atoms with Crippen molar-refractivity contribution in [2.45, 2.75) is 105 Å². The number of alkyl halides is 6. The van der Waals surface area contributed by atoms with Gasteiger partial charge in [0.1, 0.15) is 0 Å². The van der Waals surface area contributed by atoms with Crippen LogP contribution in [-0.2, 0) is 12.4 Å². The van der Waals surface area contributed by atoms with Crippen molar-refractivity contribution >= 4 is 77.2 Å². The molecule has 0 unspecified atom stereocenters. The van der Waals surface area contributed by atoms with Crippen molar-refractivity contribution in [3.8, 4) is 0 Å². The number of fused-ring (bicyclic) bond motifs is 2. The average Bonchev–Trinajstić information content (AvgIpc) is 3.66. The number of imidazole rings is 2. The third kappa shape index (κ3) is 10.2. The first-order chi connectivity index (χ1) is 28.0. The SMILES string of the molecule is C[C@@H]1C[C@H](n2c(Nc3ccc(C(F)(F)F)cc3)nc3cc(Br)ccc32)CC(C)(C)C1.C[C@H]1C[C@@H](n2c(Nc3ccc(C(F)(F)F)cc3)nc3cc(Br)ccc32)CC(C)(C)C1. The van der Waals surface area contributed by atoms with Crippen LogP contribution in [0.2, 0.25) is 0 Å². The summed E-state index contributed by atoms with van der Waals surface area (Å²) in [6.07, 6.45) is -2.17. The van der Waals surface area contributed by atoms with Crippen LogP contribution < -0.4 is 10.6 Å². The third-order valence-electron chi connectivity index (χ3n) is 11.7. The van der Waals surface area contributed by atoms with Crippen molar-refractivity contribution in [1.82, 2.24) is 19.1 Å². The van der Waals surface area contributed by atoms with E-state index in [2.05, 4.69) is 105 Å². The van der Waals surface area contributed by atoms with Crippen molar-refractivity contribution in [1.29, 1.82) is 0 Å². The zero-order valence-corrected chi connectivity index (χ0v) is 37.6. The van der Waals surface area contributed by atoms with Gasteiger partial charge in [-0.25, -0.2) is 9.97 Å². The van der Waals surface area contributed by atoms with Gasteiger partial charge < -0.3 is 19.8 Å². The molecule has 6 aromatic rings. The molecule has 2 aliphatic carbocycles. The second kappa shape index (κ2) is 16.7. The molecule has 60 heavy (non-hydrogen) atoms.